The summed E-state index contributed by atoms with van der Waals surface area (Å²) in [5.41, 5.74) is 0. The van der Waals surface area contributed by atoms with E-state index < -0.39 is 0 Å². The van der Waals surface area contributed by atoms with Crippen LogP contribution in [0, 0.1) is 0 Å². The Morgan fingerprint density at radius 3 is 2.84 bits per heavy atom. The fourth-order valence-electron chi connectivity index (χ4n) is 2.02. The van der Waals surface area contributed by atoms with Gasteiger partial charge in [0.25, 0.3) is 0 Å². The number of rotatable bonds is 10. The van der Waals surface area contributed by atoms with Gasteiger partial charge in [-0.25, -0.2) is 4.98 Å². The molecule has 0 saturated heterocycles. The Labute approximate surface area is 118 Å². The lowest BCUT2D eigenvalue weighted by atomic mass is 10.2. The van der Waals surface area contributed by atoms with Gasteiger partial charge in [-0.3, -0.25) is 0 Å². The molecule has 0 unspecified atom stereocenters. The molecular formula is C15H30N4. The van der Waals surface area contributed by atoms with Crippen LogP contribution in [0.1, 0.15) is 45.9 Å². The first kappa shape index (κ1) is 16.2. The molecule has 1 heterocycles. The maximum absolute atomic E-state index is 4.40. The number of aromatic nitrogens is 2. The molecule has 0 aliphatic heterocycles. The highest BCUT2D eigenvalue weighted by Crippen LogP contribution is 2.00. The van der Waals surface area contributed by atoms with Crippen LogP contribution in [0.25, 0.3) is 0 Å². The fraction of sp³-hybridized carbons (Fsp3) is 0.800. The highest BCUT2D eigenvalue weighted by Gasteiger charge is 2.03. The molecule has 0 saturated carbocycles. The van der Waals surface area contributed by atoms with Gasteiger partial charge in [0.1, 0.15) is 5.82 Å². The van der Waals surface area contributed by atoms with Crippen molar-refractivity contribution in [2.75, 3.05) is 20.1 Å². The van der Waals surface area contributed by atoms with Crippen molar-refractivity contribution in [3.8, 4) is 0 Å². The average molecular weight is 266 g/mol. The van der Waals surface area contributed by atoms with E-state index >= 15 is 0 Å². The maximum atomic E-state index is 4.40. The second kappa shape index (κ2) is 9.10. The second-order valence-corrected chi connectivity index (χ2v) is 5.50. The zero-order valence-corrected chi connectivity index (χ0v) is 13.0. The molecule has 0 aliphatic rings. The summed E-state index contributed by atoms with van der Waals surface area (Å²) in [7, 11) is 2.19. The summed E-state index contributed by atoms with van der Waals surface area (Å²) in [5, 5.41) is 3.49. The second-order valence-electron chi connectivity index (χ2n) is 5.50. The number of hydrogen-bond donors (Lipinski definition) is 1. The summed E-state index contributed by atoms with van der Waals surface area (Å²) in [6.07, 6.45) is 7.60. The van der Waals surface area contributed by atoms with Crippen molar-refractivity contribution in [3.05, 3.63) is 18.2 Å². The minimum absolute atomic E-state index is 0.648. The van der Waals surface area contributed by atoms with Crippen LogP contribution >= 0.6 is 0 Å². The molecule has 0 fully saturated rings. The third kappa shape index (κ3) is 6.21. The van der Waals surface area contributed by atoms with Crippen molar-refractivity contribution >= 4 is 0 Å². The molecule has 1 aromatic rings. The Balaban J connectivity index is 2.09. The van der Waals surface area contributed by atoms with Gasteiger partial charge in [0.2, 0.25) is 0 Å². The molecule has 110 valence electrons. The normalized spacial score (nSPS) is 11.7. The number of nitrogens with one attached hydrogen (secondary N) is 1. The van der Waals surface area contributed by atoms with Gasteiger partial charge >= 0.3 is 0 Å². The monoisotopic (exact) mass is 266 g/mol. The van der Waals surface area contributed by atoms with Crippen molar-refractivity contribution in [2.45, 2.75) is 59.2 Å². The van der Waals surface area contributed by atoms with E-state index in [0.29, 0.717) is 6.04 Å². The van der Waals surface area contributed by atoms with E-state index in [4.69, 9.17) is 0 Å². The smallest absolute Gasteiger partial charge is 0.122 e. The van der Waals surface area contributed by atoms with Gasteiger partial charge in [0.15, 0.2) is 0 Å². The first-order chi connectivity index (χ1) is 9.15. The SMILES string of the molecule is CCCn1ccnc1CNCCCCN(C)C(C)C. The van der Waals surface area contributed by atoms with Crippen LogP contribution in [0.2, 0.25) is 0 Å². The van der Waals surface area contributed by atoms with Crippen LogP contribution in [0.5, 0.6) is 0 Å². The Morgan fingerprint density at radius 2 is 2.16 bits per heavy atom. The van der Waals surface area contributed by atoms with Crippen molar-refractivity contribution in [3.63, 3.8) is 0 Å². The van der Waals surface area contributed by atoms with Crippen LogP contribution < -0.4 is 5.32 Å². The molecule has 1 rings (SSSR count). The van der Waals surface area contributed by atoms with E-state index in [1.54, 1.807) is 0 Å². The molecule has 1 aromatic heterocycles. The molecule has 0 bridgehead atoms. The minimum atomic E-state index is 0.648. The highest BCUT2D eigenvalue weighted by molar-refractivity contribution is 4.91. The summed E-state index contributed by atoms with van der Waals surface area (Å²) in [6, 6.07) is 0.648. The Hall–Kier alpha value is -0.870. The van der Waals surface area contributed by atoms with Crippen LogP contribution in [-0.2, 0) is 13.1 Å². The van der Waals surface area contributed by atoms with Crippen molar-refractivity contribution in [1.82, 2.24) is 19.8 Å². The molecule has 0 radical (unpaired) electrons. The molecule has 0 atom stereocenters. The average Bonchev–Trinajstić information content (AvgIpc) is 2.81. The van der Waals surface area contributed by atoms with Gasteiger partial charge in [0, 0.05) is 25.0 Å². The van der Waals surface area contributed by atoms with Crippen LogP contribution in [0.3, 0.4) is 0 Å². The topological polar surface area (TPSA) is 33.1 Å². The summed E-state index contributed by atoms with van der Waals surface area (Å²) >= 11 is 0. The van der Waals surface area contributed by atoms with Gasteiger partial charge in [-0.05, 0) is 53.2 Å². The minimum Gasteiger partial charge on any atom is -0.334 e. The highest BCUT2D eigenvalue weighted by atomic mass is 15.1. The van der Waals surface area contributed by atoms with E-state index in [1.165, 1.54) is 19.4 Å². The first-order valence-corrected chi connectivity index (χ1v) is 7.56. The first-order valence-electron chi connectivity index (χ1n) is 7.56. The van der Waals surface area contributed by atoms with Gasteiger partial charge < -0.3 is 14.8 Å². The third-order valence-electron chi connectivity index (χ3n) is 3.55. The maximum Gasteiger partial charge on any atom is 0.122 e. The molecule has 0 spiro atoms. The summed E-state index contributed by atoms with van der Waals surface area (Å²) in [5.74, 6) is 1.15. The van der Waals surface area contributed by atoms with E-state index in [9.17, 15) is 0 Å². The van der Waals surface area contributed by atoms with Gasteiger partial charge in [0.05, 0.1) is 6.54 Å². The molecule has 0 amide bonds. The summed E-state index contributed by atoms with van der Waals surface area (Å²) in [6.45, 7) is 10.9. The zero-order chi connectivity index (χ0) is 14.1. The summed E-state index contributed by atoms with van der Waals surface area (Å²) < 4.78 is 2.24. The largest absolute Gasteiger partial charge is 0.334 e. The molecular weight excluding hydrogens is 236 g/mol. The number of hydrogen-bond acceptors (Lipinski definition) is 3. The van der Waals surface area contributed by atoms with Crippen molar-refractivity contribution < 1.29 is 0 Å². The van der Waals surface area contributed by atoms with Gasteiger partial charge in [-0.2, -0.15) is 0 Å². The Kier molecular flexibility index (Phi) is 7.75. The number of nitrogens with zero attached hydrogens (tertiary/aromatic N) is 3. The molecule has 4 heteroatoms. The van der Waals surface area contributed by atoms with Crippen LogP contribution in [-0.4, -0.2) is 40.6 Å². The number of aryl methyl sites for hydroxylation is 1. The van der Waals surface area contributed by atoms with Crippen molar-refractivity contribution in [2.24, 2.45) is 0 Å². The van der Waals surface area contributed by atoms with Gasteiger partial charge in [-0.15, -0.1) is 0 Å². The van der Waals surface area contributed by atoms with E-state index in [0.717, 1.165) is 31.9 Å². The predicted octanol–water partition coefficient (Wildman–Crippen LogP) is 2.50. The zero-order valence-electron chi connectivity index (χ0n) is 13.0. The van der Waals surface area contributed by atoms with Crippen molar-refractivity contribution in [1.29, 1.82) is 0 Å². The fourth-order valence-corrected chi connectivity index (χ4v) is 2.02. The molecule has 19 heavy (non-hydrogen) atoms. The van der Waals surface area contributed by atoms with Crippen LogP contribution in [0.15, 0.2) is 12.4 Å². The lowest BCUT2D eigenvalue weighted by molar-refractivity contribution is 0.268. The third-order valence-corrected chi connectivity index (χ3v) is 3.55. The molecule has 4 nitrogen and oxygen atoms in total. The van der Waals surface area contributed by atoms with E-state index in [1.807, 2.05) is 6.20 Å². The summed E-state index contributed by atoms with van der Waals surface area (Å²) in [4.78, 5) is 6.79. The Bertz CT molecular complexity index is 333. The van der Waals surface area contributed by atoms with Crippen LogP contribution in [0.4, 0.5) is 0 Å². The number of imidazole rings is 1. The predicted molar refractivity (Wildman–Crippen MR) is 81.2 cm³/mol. The standard InChI is InChI=1S/C15H30N4/c1-5-10-19-12-9-17-15(19)13-16-8-6-7-11-18(4)14(2)3/h9,12,14,16H,5-8,10-11,13H2,1-4H3. The lowest BCUT2D eigenvalue weighted by Crippen LogP contribution is -2.28. The lowest BCUT2D eigenvalue weighted by Gasteiger charge is -2.20. The molecule has 0 aromatic carbocycles. The van der Waals surface area contributed by atoms with E-state index in [-0.39, 0.29) is 0 Å². The van der Waals surface area contributed by atoms with Gasteiger partial charge in [-0.1, -0.05) is 6.92 Å². The molecule has 1 N–H and O–H groups in total. The number of unbranched alkanes of at least 4 members (excludes halogenated alkanes) is 1. The van der Waals surface area contributed by atoms with E-state index in [2.05, 4.69) is 53.8 Å². The molecule has 0 aliphatic carbocycles. The Morgan fingerprint density at radius 1 is 1.37 bits per heavy atom. The quantitative estimate of drug-likeness (QED) is 0.661.